The normalized spacial score (nSPS) is 16.6. The van der Waals surface area contributed by atoms with Crippen molar-refractivity contribution in [1.29, 1.82) is 0 Å². The number of hydrogen-bond acceptors (Lipinski definition) is 5. The maximum absolute atomic E-state index is 12.7. The van der Waals surface area contributed by atoms with Crippen LogP contribution in [0.5, 0.6) is 0 Å². The summed E-state index contributed by atoms with van der Waals surface area (Å²) in [7, 11) is 1.69. The molecule has 0 saturated carbocycles. The first-order valence-electron chi connectivity index (χ1n) is 8.53. The van der Waals surface area contributed by atoms with Crippen LogP contribution in [0.4, 0.5) is 0 Å². The van der Waals surface area contributed by atoms with Crippen LogP contribution in [-0.2, 0) is 15.0 Å². The number of carbonyl (C=O) groups is 1. The molecule has 1 aliphatic rings. The van der Waals surface area contributed by atoms with E-state index in [4.69, 9.17) is 9.47 Å². The number of ether oxygens (including phenoxy) is 2. The number of hydrogen-bond donors (Lipinski definition) is 0. The van der Waals surface area contributed by atoms with Crippen LogP contribution in [0.1, 0.15) is 24.2 Å². The van der Waals surface area contributed by atoms with E-state index in [-0.39, 0.29) is 23.1 Å². The minimum absolute atomic E-state index is 0.0946. The average molecular weight is 344 g/mol. The Labute approximate surface area is 146 Å². The van der Waals surface area contributed by atoms with Gasteiger partial charge in [-0.3, -0.25) is 9.69 Å². The number of para-hydroxylation sites is 1. The SMILES string of the molecule is CCOC(=O)c1cn(C2(C)CN(CCOC)C2)c2ccccc2c1=O. The summed E-state index contributed by atoms with van der Waals surface area (Å²) >= 11 is 0. The summed E-state index contributed by atoms with van der Waals surface area (Å²) in [6.45, 7) is 7.36. The third-order valence-corrected chi connectivity index (χ3v) is 4.73. The van der Waals surface area contributed by atoms with Crippen LogP contribution < -0.4 is 5.43 Å². The van der Waals surface area contributed by atoms with Gasteiger partial charge in [0.1, 0.15) is 5.56 Å². The summed E-state index contributed by atoms with van der Waals surface area (Å²) in [4.78, 5) is 27.2. The van der Waals surface area contributed by atoms with Crippen LogP contribution >= 0.6 is 0 Å². The highest BCUT2D eigenvalue weighted by Crippen LogP contribution is 2.31. The lowest BCUT2D eigenvalue weighted by atomic mass is 9.90. The quantitative estimate of drug-likeness (QED) is 0.749. The van der Waals surface area contributed by atoms with E-state index in [1.807, 2.05) is 18.2 Å². The first-order valence-corrected chi connectivity index (χ1v) is 8.53. The smallest absolute Gasteiger partial charge is 0.343 e. The molecule has 0 unspecified atom stereocenters. The van der Waals surface area contributed by atoms with Crippen LogP contribution in [0.15, 0.2) is 35.3 Å². The lowest BCUT2D eigenvalue weighted by Gasteiger charge is -2.50. The van der Waals surface area contributed by atoms with Gasteiger partial charge >= 0.3 is 5.97 Å². The molecule has 2 heterocycles. The van der Waals surface area contributed by atoms with Crippen LogP contribution in [0.25, 0.3) is 10.9 Å². The molecular formula is C19H24N2O4. The first-order chi connectivity index (χ1) is 12.0. The number of rotatable bonds is 6. The number of fused-ring (bicyclic) bond motifs is 1. The van der Waals surface area contributed by atoms with Crippen molar-refractivity contribution >= 4 is 16.9 Å². The second kappa shape index (κ2) is 6.98. The predicted octanol–water partition coefficient (Wildman–Crippen LogP) is 1.86. The summed E-state index contributed by atoms with van der Waals surface area (Å²) in [5.41, 5.74) is 0.485. The van der Waals surface area contributed by atoms with E-state index in [1.165, 1.54) is 0 Å². The van der Waals surface area contributed by atoms with Crippen LogP contribution in [0.2, 0.25) is 0 Å². The fourth-order valence-corrected chi connectivity index (χ4v) is 3.53. The zero-order chi connectivity index (χ0) is 18.0. The number of nitrogens with zero attached hydrogens (tertiary/aromatic N) is 2. The molecule has 1 aromatic carbocycles. The zero-order valence-corrected chi connectivity index (χ0v) is 14.9. The van der Waals surface area contributed by atoms with Gasteiger partial charge < -0.3 is 14.0 Å². The lowest BCUT2D eigenvalue weighted by Crippen LogP contribution is -2.61. The van der Waals surface area contributed by atoms with Gasteiger partial charge in [-0.25, -0.2) is 4.79 Å². The Morgan fingerprint density at radius 3 is 2.68 bits per heavy atom. The van der Waals surface area contributed by atoms with Crippen molar-refractivity contribution in [3.63, 3.8) is 0 Å². The summed E-state index contributed by atoms with van der Waals surface area (Å²) in [6, 6.07) is 7.42. The Balaban J connectivity index is 2.04. The topological polar surface area (TPSA) is 60.8 Å². The number of likely N-dealkylation sites (tertiary alicyclic amines) is 1. The van der Waals surface area contributed by atoms with Gasteiger partial charge in [0.25, 0.3) is 0 Å². The maximum Gasteiger partial charge on any atom is 0.343 e. The molecule has 0 N–H and O–H groups in total. The van der Waals surface area contributed by atoms with Crippen molar-refractivity contribution in [3.8, 4) is 0 Å². The molecule has 1 aliphatic heterocycles. The molecule has 0 bridgehead atoms. The lowest BCUT2D eigenvalue weighted by molar-refractivity contribution is 0.0101. The molecular weight excluding hydrogens is 320 g/mol. The average Bonchev–Trinajstić information content (AvgIpc) is 2.58. The van der Waals surface area contributed by atoms with E-state index in [2.05, 4.69) is 16.4 Å². The van der Waals surface area contributed by atoms with Crippen molar-refractivity contribution in [2.45, 2.75) is 19.4 Å². The zero-order valence-electron chi connectivity index (χ0n) is 14.9. The van der Waals surface area contributed by atoms with E-state index >= 15 is 0 Å². The molecule has 0 spiro atoms. The van der Waals surface area contributed by atoms with Crippen LogP contribution in [0.3, 0.4) is 0 Å². The van der Waals surface area contributed by atoms with E-state index in [0.29, 0.717) is 12.0 Å². The standard InChI is InChI=1S/C19H24N2O4/c1-4-25-18(23)15-11-21(16-8-6-5-7-14(16)17(15)22)19(2)12-20(13-19)9-10-24-3/h5-8,11H,4,9-10,12-13H2,1-3H3. The molecule has 6 heteroatoms. The number of carbonyl (C=O) groups excluding carboxylic acids is 1. The fraction of sp³-hybridized carbons (Fsp3) is 0.474. The number of pyridine rings is 1. The Morgan fingerprint density at radius 1 is 1.28 bits per heavy atom. The molecule has 6 nitrogen and oxygen atoms in total. The predicted molar refractivity (Wildman–Crippen MR) is 96.1 cm³/mol. The Hall–Kier alpha value is -2.18. The van der Waals surface area contributed by atoms with Gasteiger partial charge in [0.05, 0.1) is 24.3 Å². The number of esters is 1. The largest absolute Gasteiger partial charge is 0.462 e. The van der Waals surface area contributed by atoms with Gasteiger partial charge in [-0.2, -0.15) is 0 Å². The van der Waals surface area contributed by atoms with Crippen LogP contribution in [-0.4, -0.2) is 55.4 Å². The molecule has 1 saturated heterocycles. The number of aromatic nitrogens is 1. The molecule has 25 heavy (non-hydrogen) atoms. The van der Waals surface area contributed by atoms with Gasteiger partial charge in [-0.15, -0.1) is 0 Å². The minimum Gasteiger partial charge on any atom is -0.462 e. The van der Waals surface area contributed by atoms with Crippen LogP contribution in [0, 0.1) is 0 Å². The highest BCUT2D eigenvalue weighted by Gasteiger charge is 2.40. The van der Waals surface area contributed by atoms with Crippen molar-refractivity contribution in [3.05, 3.63) is 46.2 Å². The molecule has 0 radical (unpaired) electrons. The second-order valence-corrected chi connectivity index (χ2v) is 6.68. The highest BCUT2D eigenvalue weighted by atomic mass is 16.5. The molecule has 134 valence electrons. The highest BCUT2D eigenvalue weighted by molar-refractivity contribution is 5.93. The second-order valence-electron chi connectivity index (χ2n) is 6.68. The van der Waals surface area contributed by atoms with Gasteiger partial charge in [-0.05, 0) is 26.0 Å². The molecule has 1 fully saturated rings. The Morgan fingerprint density at radius 2 is 2.00 bits per heavy atom. The van der Waals surface area contributed by atoms with Gasteiger partial charge in [0.15, 0.2) is 0 Å². The summed E-state index contributed by atoms with van der Waals surface area (Å²) in [5, 5.41) is 0.546. The molecule has 2 aromatic rings. The third-order valence-electron chi connectivity index (χ3n) is 4.73. The molecule has 3 rings (SSSR count). The number of benzene rings is 1. The van der Waals surface area contributed by atoms with E-state index in [0.717, 1.165) is 25.2 Å². The van der Waals surface area contributed by atoms with E-state index < -0.39 is 5.97 Å². The summed E-state index contributed by atoms with van der Waals surface area (Å²) in [6.07, 6.45) is 1.66. The van der Waals surface area contributed by atoms with E-state index in [9.17, 15) is 9.59 Å². The van der Waals surface area contributed by atoms with Gasteiger partial charge in [0, 0.05) is 38.3 Å². The van der Waals surface area contributed by atoms with Crippen molar-refractivity contribution in [2.75, 3.05) is 40.0 Å². The first kappa shape index (κ1) is 17.6. The van der Waals surface area contributed by atoms with Crippen molar-refractivity contribution < 1.29 is 14.3 Å². The monoisotopic (exact) mass is 344 g/mol. The van der Waals surface area contributed by atoms with Gasteiger partial charge in [0.2, 0.25) is 5.43 Å². The summed E-state index contributed by atoms with van der Waals surface area (Å²) in [5.74, 6) is -0.564. The Kier molecular flexibility index (Phi) is 4.92. The Bertz CT molecular complexity index is 837. The summed E-state index contributed by atoms with van der Waals surface area (Å²) < 4.78 is 12.3. The maximum atomic E-state index is 12.7. The molecule has 0 atom stereocenters. The van der Waals surface area contributed by atoms with Crippen molar-refractivity contribution in [2.24, 2.45) is 0 Å². The fourth-order valence-electron chi connectivity index (χ4n) is 3.53. The molecule has 0 aliphatic carbocycles. The number of methoxy groups -OCH3 is 1. The van der Waals surface area contributed by atoms with E-state index in [1.54, 1.807) is 26.3 Å². The van der Waals surface area contributed by atoms with Crippen molar-refractivity contribution in [1.82, 2.24) is 9.47 Å². The molecule has 0 amide bonds. The van der Waals surface area contributed by atoms with Gasteiger partial charge in [-0.1, -0.05) is 12.1 Å². The molecule has 1 aromatic heterocycles. The minimum atomic E-state index is -0.564. The third kappa shape index (κ3) is 3.19.